The molecule has 114 valence electrons. The van der Waals surface area contributed by atoms with E-state index >= 15 is 0 Å². The fourth-order valence-corrected chi connectivity index (χ4v) is 2.21. The molecule has 3 nitrogen and oxygen atoms in total. The van der Waals surface area contributed by atoms with Crippen LogP contribution >= 0.6 is 35.0 Å². The van der Waals surface area contributed by atoms with Gasteiger partial charge in [-0.2, -0.15) is 0 Å². The number of amides is 1. The van der Waals surface area contributed by atoms with E-state index in [-0.39, 0.29) is 24.4 Å². The van der Waals surface area contributed by atoms with E-state index in [1.54, 1.807) is 0 Å². The maximum atomic E-state index is 11.5. The van der Waals surface area contributed by atoms with Crippen molar-refractivity contribution in [2.75, 3.05) is 6.54 Å². The van der Waals surface area contributed by atoms with Gasteiger partial charge in [-0.15, -0.1) is 12.4 Å². The van der Waals surface area contributed by atoms with Crippen molar-refractivity contribution < 1.29 is 4.79 Å². The molecule has 20 heavy (non-hydrogen) atoms. The molecule has 1 amide bonds. The van der Waals surface area contributed by atoms with Crippen LogP contribution in [0.4, 0.5) is 0 Å². The zero-order chi connectivity index (χ0) is 14.1. The van der Waals surface area contributed by atoms with Crippen LogP contribution < -0.4 is 11.1 Å². The van der Waals surface area contributed by atoms with E-state index in [0.29, 0.717) is 13.0 Å². The predicted molar refractivity (Wildman–Crippen MR) is 95.2 cm³/mol. The van der Waals surface area contributed by atoms with E-state index in [1.165, 1.54) is 9.13 Å². The van der Waals surface area contributed by atoms with E-state index < -0.39 is 0 Å². The molecule has 0 aliphatic heterocycles. The molecule has 0 heterocycles. The first-order valence-corrected chi connectivity index (χ1v) is 7.93. The van der Waals surface area contributed by atoms with E-state index in [1.807, 2.05) is 6.92 Å². The Morgan fingerprint density at radius 1 is 1.25 bits per heavy atom. The quantitative estimate of drug-likeness (QED) is 0.510. The molecule has 1 aromatic rings. The number of hydrogen-bond acceptors (Lipinski definition) is 2. The van der Waals surface area contributed by atoms with Crippen molar-refractivity contribution in [3.05, 3.63) is 33.4 Å². The molecule has 0 unspecified atom stereocenters. The number of aryl methyl sites for hydroxylation is 1. The second-order valence-electron chi connectivity index (χ2n) is 4.89. The number of halogens is 2. The van der Waals surface area contributed by atoms with Crippen molar-refractivity contribution >= 4 is 40.9 Å². The molecule has 1 aromatic carbocycles. The van der Waals surface area contributed by atoms with Crippen LogP contribution in [0.25, 0.3) is 0 Å². The topological polar surface area (TPSA) is 55.1 Å². The summed E-state index contributed by atoms with van der Waals surface area (Å²) in [6, 6.07) is 8.71. The zero-order valence-electron chi connectivity index (χ0n) is 11.9. The molecule has 0 aliphatic carbocycles. The number of hydrogen-bond donors (Lipinski definition) is 2. The highest BCUT2D eigenvalue weighted by Crippen LogP contribution is 2.11. The number of nitrogens with one attached hydrogen (secondary N) is 1. The molecule has 0 fully saturated rings. The van der Waals surface area contributed by atoms with Crippen LogP contribution in [0.5, 0.6) is 0 Å². The van der Waals surface area contributed by atoms with Crippen molar-refractivity contribution in [1.82, 2.24) is 5.32 Å². The van der Waals surface area contributed by atoms with Gasteiger partial charge in [-0.1, -0.05) is 18.6 Å². The van der Waals surface area contributed by atoms with Crippen molar-refractivity contribution in [1.29, 1.82) is 0 Å². The van der Waals surface area contributed by atoms with Crippen LogP contribution in [0, 0.1) is 3.57 Å². The van der Waals surface area contributed by atoms with Crippen molar-refractivity contribution in [2.24, 2.45) is 5.73 Å². The third-order valence-electron chi connectivity index (χ3n) is 3.04. The van der Waals surface area contributed by atoms with E-state index in [2.05, 4.69) is 52.2 Å². The Bertz CT molecular complexity index is 384. The Kier molecular flexibility index (Phi) is 11.2. The number of carbonyl (C=O) groups is 1. The van der Waals surface area contributed by atoms with Gasteiger partial charge < -0.3 is 11.1 Å². The number of carbonyl (C=O) groups excluding carboxylic acids is 1. The van der Waals surface area contributed by atoms with Gasteiger partial charge in [0.25, 0.3) is 0 Å². The van der Waals surface area contributed by atoms with Crippen molar-refractivity contribution in [2.45, 2.75) is 45.1 Å². The second kappa shape index (κ2) is 11.3. The summed E-state index contributed by atoms with van der Waals surface area (Å²) in [5, 5.41) is 2.88. The SMILES string of the molecule is C[C@@H](CN)NC(=O)CCCCCc1ccc(I)cc1.Cl. The molecule has 0 aromatic heterocycles. The summed E-state index contributed by atoms with van der Waals surface area (Å²) < 4.78 is 1.27. The lowest BCUT2D eigenvalue weighted by molar-refractivity contribution is -0.121. The van der Waals surface area contributed by atoms with Gasteiger partial charge in [0.15, 0.2) is 0 Å². The molecule has 0 bridgehead atoms. The summed E-state index contributed by atoms with van der Waals surface area (Å²) in [5.41, 5.74) is 6.83. The van der Waals surface area contributed by atoms with Gasteiger partial charge in [-0.25, -0.2) is 0 Å². The van der Waals surface area contributed by atoms with E-state index in [4.69, 9.17) is 5.73 Å². The Balaban J connectivity index is 0.00000361. The highest BCUT2D eigenvalue weighted by molar-refractivity contribution is 14.1. The average molecular weight is 411 g/mol. The normalized spacial score (nSPS) is 11.6. The molecule has 5 heteroatoms. The van der Waals surface area contributed by atoms with Gasteiger partial charge in [-0.3, -0.25) is 4.79 Å². The van der Waals surface area contributed by atoms with Crippen LogP contribution in [0.15, 0.2) is 24.3 Å². The van der Waals surface area contributed by atoms with Gasteiger partial charge in [0.2, 0.25) is 5.91 Å². The lowest BCUT2D eigenvalue weighted by Gasteiger charge is -2.10. The summed E-state index contributed by atoms with van der Waals surface area (Å²) in [7, 11) is 0. The van der Waals surface area contributed by atoms with E-state index in [0.717, 1.165) is 25.7 Å². The molecule has 0 radical (unpaired) electrons. The monoisotopic (exact) mass is 410 g/mol. The molecule has 3 N–H and O–H groups in total. The lowest BCUT2D eigenvalue weighted by atomic mass is 10.1. The van der Waals surface area contributed by atoms with Gasteiger partial charge in [-0.05, 0) is 66.5 Å². The Morgan fingerprint density at radius 3 is 2.50 bits per heavy atom. The number of rotatable bonds is 8. The number of unbranched alkanes of at least 4 members (excludes halogenated alkanes) is 2. The number of benzene rings is 1. The minimum atomic E-state index is 0. The highest BCUT2D eigenvalue weighted by Gasteiger charge is 2.04. The third-order valence-corrected chi connectivity index (χ3v) is 3.76. The lowest BCUT2D eigenvalue weighted by Crippen LogP contribution is -2.37. The molecule has 1 rings (SSSR count). The molecular weight excluding hydrogens is 387 g/mol. The van der Waals surface area contributed by atoms with Crippen LogP contribution in [0.2, 0.25) is 0 Å². The van der Waals surface area contributed by atoms with Crippen LogP contribution in [0.1, 0.15) is 38.2 Å². The Hall–Kier alpha value is -0.330. The maximum absolute atomic E-state index is 11.5. The van der Waals surface area contributed by atoms with Crippen LogP contribution in [-0.2, 0) is 11.2 Å². The van der Waals surface area contributed by atoms with Gasteiger partial charge >= 0.3 is 0 Å². The molecule has 0 saturated heterocycles. The van der Waals surface area contributed by atoms with E-state index in [9.17, 15) is 4.79 Å². The first-order chi connectivity index (χ1) is 9.11. The summed E-state index contributed by atoms with van der Waals surface area (Å²) in [4.78, 5) is 11.5. The maximum Gasteiger partial charge on any atom is 0.220 e. The fourth-order valence-electron chi connectivity index (χ4n) is 1.85. The molecule has 1 atom stereocenters. The summed E-state index contributed by atoms with van der Waals surface area (Å²) >= 11 is 2.31. The van der Waals surface area contributed by atoms with Crippen molar-refractivity contribution in [3.63, 3.8) is 0 Å². The highest BCUT2D eigenvalue weighted by atomic mass is 127. The van der Waals surface area contributed by atoms with Crippen molar-refractivity contribution in [3.8, 4) is 0 Å². The molecule has 0 spiro atoms. The van der Waals surface area contributed by atoms with Gasteiger partial charge in [0.05, 0.1) is 0 Å². The van der Waals surface area contributed by atoms with Crippen LogP contribution in [-0.4, -0.2) is 18.5 Å². The fraction of sp³-hybridized carbons (Fsp3) is 0.533. The largest absolute Gasteiger partial charge is 0.352 e. The van der Waals surface area contributed by atoms with Gasteiger partial charge in [0.1, 0.15) is 0 Å². The first kappa shape index (κ1) is 19.7. The summed E-state index contributed by atoms with van der Waals surface area (Å²) in [5.74, 6) is 0.118. The predicted octanol–water partition coefficient (Wildman–Crippen LogP) is 3.28. The van der Waals surface area contributed by atoms with Crippen LogP contribution in [0.3, 0.4) is 0 Å². The smallest absolute Gasteiger partial charge is 0.220 e. The summed E-state index contributed by atoms with van der Waals surface area (Å²) in [6.45, 7) is 2.42. The van der Waals surface area contributed by atoms with Gasteiger partial charge in [0, 0.05) is 22.6 Å². The third kappa shape index (κ3) is 8.76. The molecular formula is C15H24ClIN2O. The molecule has 0 aliphatic rings. The first-order valence-electron chi connectivity index (χ1n) is 6.85. The molecule has 0 saturated carbocycles. The summed E-state index contributed by atoms with van der Waals surface area (Å²) in [6.07, 6.45) is 4.89. The second-order valence-corrected chi connectivity index (χ2v) is 6.14. The Labute approximate surface area is 141 Å². The minimum absolute atomic E-state index is 0. The number of nitrogens with two attached hydrogens (primary N) is 1. The Morgan fingerprint density at radius 2 is 1.90 bits per heavy atom. The average Bonchev–Trinajstić information content (AvgIpc) is 2.40. The standard InChI is InChI=1S/C15H23IN2O.ClH/c1-12(11-17)18-15(19)6-4-2-3-5-13-7-9-14(16)10-8-13;/h7-10,12H,2-6,11,17H2,1H3,(H,18,19);1H/t12-;/m0./s1. The minimum Gasteiger partial charge on any atom is -0.352 e. The zero-order valence-corrected chi connectivity index (χ0v) is 14.9.